The summed E-state index contributed by atoms with van der Waals surface area (Å²) in [6, 6.07) is 4.76. The average Bonchev–Trinajstić information content (AvgIpc) is 3.16. The molecule has 0 bridgehead atoms. The number of nitrogens with zero attached hydrogens (tertiary/aromatic N) is 3. The molecule has 0 unspecified atom stereocenters. The monoisotopic (exact) mass is 396 g/mol. The highest BCUT2D eigenvalue weighted by Crippen LogP contribution is 2.32. The third-order valence-corrected chi connectivity index (χ3v) is 5.08. The first-order valence-electron chi connectivity index (χ1n) is 9.23. The molecule has 0 radical (unpaired) electrons. The number of alkyl halides is 3. The second-order valence-electron chi connectivity index (χ2n) is 7.13. The lowest BCUT2D eigenvalue weighted by atomic mass is 9.96. The van der Waals surface area contributed by atoms with Crippen molar-refractivity contribution >= 4 is 5.91 Å². The quantitative estimate of drug-likeness (QED) is 0.835. The number of amides is 1. The van der Waals surface area contributed by atoms with E-state index in [1.54, 1.807) is 0 Å². The fourth-order valence-electron chi connectivity index (χ4n) is 3.35. The fraction of sp³-hybridized carbons (Fsp3) is 0.526. The van der Waals surface area contributed by atoms with Gasteiger partial charge < -0.3 is 9.84 Å². The summed E-state index contributed by atoms with van der Waals surface area (Å²) in [6.07, 6.45) is -2.53. The standard InChI is InChI=1S/C19H23F3N4O2/c1-12(26-8-6-14(7-9-26)11-23-13(2)27)18-24-17(25-28-18)15-4-3-5-16(10-15)19(20,21)22/h3-5,10,12,14H,6-9,11H2,1-2H3,(H,23,27)/t12-/m1/s1. The number of halogens is 3. The molecule has 6 nitrogen and oxygen atoms in total. The van der Waals surface area contributed by atoms with Crippen molar-refractivity contribution in [2.24, 2.45) is 5.92 Å². The van der Waals surface area contributed by atoms with Gasteiger partial charge in [-0.3, -0.25) is 9.69 Å². The Morgan fingerprint density at radius 3 is 2.71 bits per heavy atom. The molecule has 1 aliphatic heterocycles. The number of aromatic nitrogens is 2. The molecule has 28 heavy (non-hydrogen) atoms. The van der Waals surface area contributed by atoms with E-state index in [2.05, 4.69) is 20.4 Å². The van der Waals surface area contributed by atoms with Crippen LogP contribution in [0.15, 0.2) is 28.8 Å². The van der Waals surface area contributed by atoms with Gasteiger partial charge in [-0.25, -0.2) is 0 Å². The summed E-state index contributed by atoms with van der Waals surface area (Å²) in [6.45, 7) is 5.78. The molecule has 1 aromatic heterocycles. The normalized spacial score (nSPS) is 17.5. The lowest BCUT2D eigenvalue weighted by Gasteiger charge is -2.34. The summed E-state index contributed by atoms with van der Waals surface area (Å²) >= 11 is 0. The molecule has 1 N–H and O–H groups in total. The smallest absolute Gasteiger partial charge is 0.356 e. The minimum absolute atomic E-state index is 0.0243. The predicted octanol–water partition coefficient (Wildman–Crippen LogP) is 3.66. The van der Waals surface area contributed by atoms with Crippen molar-refractivity contribution in [2.75, 3.05) is 19.6 Å². The Morgan fingerprint density at radius 2 is 2.07 bits per heavy atom. The number of likely N-dealkylation sites (tertiary alicyclic amines) is 1. The molecule has 2 aromatic rings. The second-order valence-corrected chi connectivity index (χ2v) is 7.13. The molecule has 152 valence electrons. The van der Waals surface area contributed by atoms with Crippen molar-refractivity contribution in [3.8, 4) is 11.4 Å². The topological polar surface area (TPSA) is 71.3 Å². The van der Waals surface area contributed by atoms with Crippen LogP contribution in [0, 0.1) is 5.92 Å². The third kappa shape index (κ3) is 4.89. The molecule has 9 heteroatoms. The van der Waals surface area contributed by atoms with Crippen molar-refractivity contribution < 1.29 is 22.5 Å². The summed E-state index contributed by atoms with van der Waals surface area (Å²) in [7, 11) is 0. The Balaban J connectivity index is 1.64. The Kier molecular flexibility index (Phi) is 6.02. The SMILES string of the molecule is CC(=O)NCC1CCN([C@H](C)c2nc(-c3cccc(C(F)(F)F)c3)no2)CC1. The van der Waals surface area contributed by atoms with E-state index in [1.807, 2.05) is 6.92 Å². The zero-order chi connectivity index (χ0) is 20.3. The highest BCUT2D eigenvalue weighted by atomic mass is 19.4. The number of nitrogens with one attached hydrogen (secondary N) is 1. The Hall–Kier alpha value is -2.42. The Labute approximate surface area is 161 Å². The molecule has 1 saturated heterocycles. The van der Waals surface area contributed by atoms with Gasteiger partial charge in [-0.1, -0.05) is 17.3 Å². The van der Waals surface area contributed by atoms with Gasteiger partial charge in [0.05, 0.1) is 11.6 Å². The molecular weight excluding hydrogens is 373 g/mol. The minimum Gasteiger partial charge on any atom is -0.356 e. The van der Waals surface area contributed by atoms with Crippen LogP contribution < -0.4 is 5.32 Å². The zero-order valence-corrected chi connectivity index (χ0v) is 15.8. The van der Waals surface area contributed by atoms with Gasteiger partial charge in [0.1, 0.15) is 0 Å². The minimum atomic E-state index is -4.42. The van der Waals surface area contributed by atoms with Crippen LogP contribution in [0.4, 0.5) is 13.2 Å². The lowest BCUT2D eigenvalue weighted by Crippen LogP contribution is -2.39. The van der Waals surface area contributed by atoms with E-state index in [0.717, 1.165) is 38.1 Å². The maximum atomic E-state index is 12.9. The molecule has 0 saturated carbocycles. The molecule has 1 atom stereocenters. The van der Waals surface area contributed by atoms with E-state index in [-0.39, 0.29) is 23.3 Å². The molecule has 1 amide bonds. The zero-order valence-electron chi connectivity index (χ0n) is 15.8. The van der Waals surface area contributed by atoms with Gasteiger partial charge in [-0.2, -0.15) is 18.2 Å². The first-order chi connectivity index (χ1) is 13.2. The molecular formula is C19H23F3N4O2. The van der Waals surface area contributed by atoms with Crippen LogP contribution in [0.25, 0.3) is 11.4 Å². The molecule has 1 fully saturated rings. The van der Waals surface area contributed by atoms with Gasteiger partial charge >= 0.3 is 6.18 Å². The van der Waals surface area contributed by atoms with Crippen molar-refractivity contribution in [1.29, 1.82) is 0 Å². The molecule has 3 rings (SSSR count). The first-order valence-corrected chi connectivity index (χ1v) is 9.23. The molecule has 2 heterocycles. The maximum absolute atomic E-state index is 12.9. The number of rotatable bonds is 5. The lowest BCUT2D eigenvalue weighted by molar-refractivity contribution is -0.137. The van der Waals surface area contributed by atoms with Crippen LogP contribution in [0.3, 0.4) is 0 Å². The van der Waals surface area contributed by atoms with Crippen LogP contribution in [0.2, 0.25) is 0 Å². The summed E-state index contributed by atoms with van der Waals surface area (Å²) in [5.74, 6) is 0.945. The van der Waals surface area contributed by atoms with E-state index in [9.17, 15) is 18.0 Å². The van der Waals surface area contributed by atoms with E-state index in [1.165, 1.54) is 19.1 Å². The molecule has 0 aliphatic carbocycles. The summed E-state index contributed by atoms with van der Waals surface area (Å²) in [5, 5.41) is 6.71. The largest absolute Gasteiger partial charge is 0.416 e. The van der Waals surface area contributed by atoms with Crippen LogP contribution in [0.5, 0.6) is 0 Å². The number of hydrogen-bond acceptors (Lipinski definition) is 5. The van der Waals surface area contributed by atoms with E-state index >= 15 is 0 Å². The second kappa shape index (κ2) is 8.30. The number of carbonyl (C=O) groups excluding carboxylic acids is 1. The highest BCUT2D eigenvalue weighted by molar-refractivity contribution is 5.72. The van der Waals surface area contributed by atoms with Gasteiger partial charge in [0, 0.05) is 19.0 Å². The Bertz CT molecular complexity index is 814. The highest BCUT2D eigenvalue weighted by Gasteiger charge is 2.31. The molecule has 1 aromatic carbocycles. The number of carbonyl (C=O) groups is 1. The van der Waals surface area contributed by atoms with Crippen LogP contribution in [0.1, 0.15) is 44.2 Å². The fourth-order valence-corrected chi connectivity index (χ4v) is 3.35. The van der Waals surface area contributed by atoms with Crippen molar-refractivity contribution in [1.82, 2.24) is 20.4 Å². The van der Waals surface area contributed by atoms with Crippen LogP contribution in [-0.4, -0.2) is 40.6 Å². The van der Waals surface area contributed by atoms with Crippen LogP contribution >= 0.6 is 0 Å². The molecule has 0 spiro atoms. The summed E-state index contributed by atoms with van der Waals surface area (Å²) in [5.41, 5.74) is -0.475. The predicted molar refractivity (Wildman–Crippen MR) is 96.1 cm³/mol. The average molecular weight is 396 g/mol. The number of hydrogen-bond donors (Lipinski definition) is 1. The van der Waals surface area contributed by atoms with Crippen molar-refractivity contribution in [3.05, 3.63) is 35.7 Å². The van der Waals surface area contributed by atoms with Crippen molar-refractivity contribution in [2.45, 2.75) is 38.9 Å². The first kappa shape index (κ1) is 20.3. The van der Waals surface area contributed by atoms with E-state index < -0.39 is 11.7 Å². The Morgan fingerprint density at radius 1 is 1.36 bits per heavy atom. The van der Waals surface area contributed by atoms with Gasteiger partial charge in [0.25, 0.3) is 0 Å². The third-order valence-electron chi connectivity index (χ3n) is 5.08. The maximum Gasteiger partial charge on any atom is 0.416 e. The van der Waals surface area contributed by atoms with Gasteiger partial charge in [-0.05, 0) is 50.9 Å². The van der Waals surface area contributed by atoms with E-state index in [0.29, 0.717) is 18.4 Å². The number of piperidine rings is 1. The summed E-state index contributed by atoms with van der Waals surface area (Å²) < 4.78 is 44.0. The van der Waals surface area contributed by atoms with Gasteiger partial charge in [0.15, 0.2) is 0 Å². The van der Waals surface area contributed by atoms with Gasteiger partial charge in [0.2, 0.25) is 17.6 Å². The molecule has 1 aliphatic rings. The summed E-state index contributed by atoms with van der Waals surface area (Å²) in [4.78, 5) is 17.5. The van der Waals surface area contributed by atoms with Crippen molar-refractivity contribution in [3.63, 3.8) is 0 Å². The van der Waals surface area contributed by atoms with Gasteiger partial charge in [-0.15, -0.1) is 0 Å². The van der Waals surface area contributed by atoms with Crippen LogP contribution in [-0.2, 0) is 11.0 Å². The number of benzene rings is 1. The van der Waals surface area contributed by atoms with E-state index in [4.69, 9.17) is 4.52 Å².